The van der Waals surface area contributed by atoms with Crippen LogP contribution in [-0.2, 0) is 5.88 Å². The summed E-state index contributed by atoms with van der Waals surface area (Å²) in [6, 6.07) is 10.5. The Labute approximate surface area is 134 Å². The number of hydrogen-bond acceptors (Lipinski definition) is 2. The zero-order valence-electron chi connectivity index (χ0n) is 11.1. The lowest BCUT2D eigenvalue weighted by molar-refractivity contribution is 0.386. The second kappa shape index (κ2) is 5.66. The average molecular weight is 370 g/mol. The second-order valence-electron chi connectivity index (χ2n) is 4.45. The summed E-state index contributed by atoms with van der Waals surface area (Å²) in [6.07, 6.45) is 0. The molecule has 6 heteroatoms. The van der Waals surface area contributed by atoms with Crippen molar-refractivity contribution >= 4 is 38.6 Å². The van der Waals surface area contributed by atoms with Gasteiger partial charge in [0.05, 0.1) is 29.7 Å². The van der Waals surface area contributed by atoms with Crippen LogP contribution < -0.4 is 4.74 Å². The Balaban J connectivity index is 2.28. The monoisotopic (exact) mass is 368 g/mol. The van der Waals surface area contributed by atoms with Crippen molar-refractivity contribution in [2.24, 2.45) is 0 Å². The third-order valence-electron chi connectivity index (χ3n) is 3.20. The van der Waals surface area contributed by atoms with Gasteiger partial charge in [0, 0.05) is 10.5 Å². The molecule has 0 saturated heterocycles. The van der Waals surface area contributed by atoms with E-state index < -0.39 is 5.82 Å². The Morgan fingerprint density at radius 1 is 1.29 bits per heavy atom. The molecule has 0 N–H and O–H groups in total. The van der Waals surface area contributed by atoms with Gasteiger partial charge >= 0.3 is 0 Å². The summed E-state index contributed by atoms with van der Waals surface area (Å²) in [5.74, 6) is 0.734. The molecule has 0 aliphatic carbocycles. The Hall–Kier alpha value is -1.59. The fraction of sp³-hybridized carbons (Fsp3) is 0.133. The number of alkyl halides is 1. The minimum Gasteiger partial charge on any atom is -0.494 e. The molecule has 0 spiro atoms. The van der Waals surface area contributed by atoms with Crippen LogP contribution >= 0.6 is 27.5 Å². The van der Waals surface area contributed by atoms with Crippen molar-refractivity contribution in [2.45, 2.75) is 5.88 Å². The minimum absolute atomic E-state index is 0.187. The first kappa shape index (κ1) is 14.4. The highest BCUT2D eigenvalue weighted by atomic mass is 79.9. The lowest BCUT2D eigenvalue weighted by Gasteiger charge is -2.10. The summed E-state index contributed by atoms with van der Waals surface area (Å²) < 4.78 is 21.5. The van der Waals surface area contributed by atoms with Crippen LogP contribution in [-0.4, -0.2) is 16.7 Å². The highest BCUT2D eigenvalue weighted by Crippen LogP contribution is 2.28. The van der Waals surface area contributed by atoms with Crippen molar-refractivity contribution in [1.82, 2.24) is 9.55 Å². The summed E-state index contributed by atoms with van der Waals surface area (Å²) in [5.41, 5.74) is 2.49. The van der Waals surface area contributed by atoms with E-state index in [1.165, 1.54) is 13.2 Å². The van der Waals surface area contributed by atoms with Crippen molar-refractivity contribution in [1.29, 1.82) is 0 Å². The van der Waals surface area contributed by atoms with E-state index in [2.05, 4.69) is 20.9 Å². The van der Waals surface area contributed by atoms with E-state index in [-0.39, 0.29) is 11.6 Å². The van der Waals surface area contributed by atoms with Gasteiger partial charge in [-0.05, 0) is 30.3 Å². The smallest absolute Gasteiger partial charge is 0.165 e. The molecule has 0 aliphatic rings. The Kier molecular flexibility index (Phi) is 3.87. The van der Waals surface area contributed by atoms with Gasteiger partial charge in [0.25, 0.3) is 0 Å². The van der Waals surface area contributed by atoms with Crippen LogP contribution in [0.1, 0.15) is 5.82 Å². The van der Waals surface area contributed by atoms with Gasteiger partial charge in [0.15, 0.2) is 11.6 Å². The normalized spacial score (nSPS) is 11.0. The summed E-state index contributed by atoms with van der Waals surface area (Å²) in [6.45, 7) is 0. The largest absolute Gasteiger partial charge is 0.494 e. The fourth-order valence-corrected chi connectivity index (χ4v) is 2.80. The molecule has 21 heavy (non-hydrogen) atoms. The van der Waals surface area contributed by atoms with Crippen molar-refractivity contribution in [3.05, 3.63) is 52.5 Å². The Bertz CT molecular complexity index is 819. The van der Waals surface area contributed by atoms with Gasteiger partial charge in [0.1, 0.15) is 5.82 Å². The van der Waals surface area contributed by atoms with E-state index >= 15 is 0 Å². The van der Waals surface area contributed by atoms with E-state index in [9.17, 15) is 4.39 Å². The molecule has 0 fully saturated rings. The number of hydrogen-bond donors (Lipinski definition) is 0. The number of methoxy groups -OCH3 is 1. The fourth-order valence-electron chi connectivity index (χ4n) is 2.27. The Morgan fingerprint density at radius 2 is 2.10 bits per heavy atom. The van der Waals surface area contributed by atoms with Crippen LogP contribution in [0.15, 0.2) is 40.9 Å². The van der Waals surface area contributed by atoms with Gasteiger partial charge in [-0.25, -0.2) is 9.37 Å². The number of halogens is 3. The third-order valence-corrected chi connectivity index (χ3v) is 3.93. The molecule has 3 rings (SSSR count). The minimum atomic E-state index is -0.402. The SMILES string of the molecule is COc1cc(-n2c(CCl)nc3cc(Br)ccc32)ccc1F. The number of imidazole rings is 1. The maximum absolute atomic E-state index is 13.6. The zero-order valence-corrected chi connectivity index (χ0v) is 13.4. The third kappa shape index (κ3) is 2.51. The molecule has 1 heterocycles. The van der Waals surface area contributed by atoms with E-state index in [0.29, 0.717) is 5.82 Å². The van der Waals surface area contributed by atoms with Crippen molar-refractivity contribution in [2.75, 3.05) is 7.11 Å². The molecular formula is C15H11BrClFN2O. The molecule has 2 aromatic carbocycles. The maximum atomic E-state index is 13.6. The topological polar surface area (TPSA) is 27.1 Å². The molecule has 3 nitrogen and oxygen atoms in total. The van der Waals surface area contributed by atoms with Crippen LogP contribution in [0.5, 0.6) is 5.75 Å². The standard InChI is InChI=1S/C15H11BrClFN2O/c1-21-14-7-10(3-4-11(14)18)20-13-5-2-9(16)6-12(13)19-15(20)8-17/h2-7H,8H2,1H3. The number of ether oxygens (including phenoxy) is 1. The van der Waals surface area contributed by atoms with Crippen molar-refractivity contribution in [3.8, 4) is 11.4 Å². The molecule has 0 aliphatic heterocycles. The number of fused-ring (bicyclic) bond motifs is 1. The molecule has 3 aromatic rings. The van der Waals surface area contributed by atoms with Crippen molar-refractivity contribution in [3.63, 3.8) is 0 Å². The summed E-state index contributed by atoms with van der Waals surface area (Å²) >= 11 is 9.42. The first-order chi connectivity index (χ1) is 10.1. The number of rotatable bonds is 3. The Morgan fingerprint density at radius 3 is 2.81 bits per heavy atom. The van der Waals surface area contributed by atoms with Crippen molar-refractivity contribution < 1.29 is 9.13 Å². The first-order valence-electron chi connectivity index (χ1n) is 6.21. The van der Waals surface area contributed by atoms with Gasteiger partial charge in [-0.1, -0.05) is 15.9 Å². The quantitative estimate of drug-likeness (QED) is 0.627. The molecule has 0 unspecified atom stereocenters. The van der Waals surface area contributed by atoms with Crippen LogP contribution in [0.4, 0.5) is 4.39 Å². The molecule has 0 atom stereocenters. The van der Waals surface area contributed by atoms with Gasteiger partial charge in [-0.3, -0.25) is 4.57 Å². The molecule has 0 amide bonds. The van der Waals surface area contributed by atoms with Crippen LogP contribution in [0.3, 0.4) is 0 Å². The van der Waals surface area contributed by atoms with Crippen LogP contribution in [0.25, 0.3) is 16.7 Å². The van der Waals surface area contributed by atoms with Gasteiger partial charge in [0.2, 0.25) is 0 Å². The number of nitrogens with zero attached hydrogens (tertiary/aromatic N) is 2. The van der Waals surface area contributed by atoms with E-state index in [1.807, 2.05) is 22.8 Å². The predicted octanol–water partition coefficient (Wildman–Crippen LogP) is 4.67. The molecule has 1 aromatic heterocycles. The molecule has 0 radical (unpaired) electrons. The lowest BCUT2D eigenvalue weighted by Crippen LogP contribution is -2.00. The van der Waals surface area contributed by atoms with Gasteiger partial charge < -0.3 is 4.74 Å². The maximum Gasteiger partial charge on any atom is 0.165 e. The van der Waals surface area contributed by atoms with E-state index in [0.717, 1.165) is 21.2 Å². The summed E-state index contributed by atoms with van der Waals surface area (Å²) in [5, 5.41) is 0. The number of aromatic nitrogens is 2. The highest BCUT2D eigenvalue weighted by Gasteiger charge is 2.14. The second-order valence-corrected chi connectivity index (χ2v) is 5.63. The predicted molar refractivity (Wildman–Crippen MR) is 84.8 cm³/mol. The van der Waals surface area contributed by atoms with Crippen LogP contribution in [0.2, 0.25) is 0 Å². The molecule has 0 bridgehead atoms. The lowest BCUT2D eigenvalue weighted by atomic mass is 10.2. The first-order valence-corrected chi connectivity index (χ1v) is 7.53. The zero-order chi connectivity index (χ0) is 15.0. The molecule has 0 saturated carbocycles. The highest BCUT2D eigenvalue weighted by molar-refractivity contribution is 9.10. The average Bonchev–Trinajstić information content (AvgIpc) is 2.85. The van der Waals surface area contributed by atoms with Gasteiger partial charge in [-0.15, -0.1) is 11.6 Å². The molecule has 108 valence electrons. The van der Waals surface area contributed by atoms with E-state index in [4.69, 9.17) is 16.3 Å². The molecular weight excluding hydrogens is 359 g/mol. The van der Waals surface area contributed by atoms with Crippen LogP contribution in [0, 0.1) is 5.82 Å². The summed E-state index contributed by atoms with van der Waals surface area (Å²) in [4.78, 5) is 4.51. The number of benzene rings is 2. The summed E-state index contributed by atoms with van der Waals surface area (Å²) in [7, 11) is 1.44. The van der Waals surface area contributed by atoms with E-state index in [1.54, 1.807) is 12.1 Å². The van der Waals surface area contributed by atoms with Gasteiger partial charge in [-0.2, -0.15) is 0 Å².